The third-order valence-corrected chi connectivity index (χ3v) is 4.34. The Balaban J connectivity index is 1.99. The third kappa shape index (κ3) is 2.53. The Kier molecular flexibility index (Phi) is 3.43. The molecule has 0 saturated carbocycles. The first-order valence-corrected chi connectivity index (χ1v) is 7.42. The number of hydrogen-bond acceptors (Lipinski definition) is 3. The molecule has 20 heavy (non-hydrogen) atoms. The molecule has 0 fully saturated rings. The van der Waals surface area contributed by atoms with Crippen molar-refractivity contribution in [3.05, 3.63) is 52.0 Å². The lowest BCUT2D eigenvalue weighted by atomic mass is 10.2. The van der Waals surface area contributed by atoms with E-state index in [-0.39, 0.29) is 10.2 Å². The zero-order valence-electron chi connectivity index (χ0n) is 10.4. The average Bonchev–Trinajstić information content (AvgIpc) is 2.77. The molecular weight excluding hydrogens is 346 g/mol. The Morgan fingerprint density at radius 1 is 1.15 bits per heavy atom. The monoisotopic (exact) mass is 354 g/mol. The lowest BCUT2D eigenvalue weighted by Crippen LogP contribution is -1.94. The summed E-state index contributed by atoms with van der Waals surface area (Å²) in [4.78, 5) is 4.37. The van der Waals surface area contributed by atoms with Gasteiger partial charge in [0.25, 0.3) is 0 Å². The number of aromatic nitrogens is 1. The topological polar surface area (TPSA) is 24.9 Å². The van der Waals surface area contributed by atoms with E-state index in [4.69, 9.17) is 0 Å². The Labute approximate surface area is 126 Å². The van der Waals surface area contributed by atoms with Gasteiger partial charge >= 0.3 is 0 Å². The van der Waals surface area contributed by atoms with Crippen molar-refractivity contribution in [3.63, 3.8) is 0 Å². The molecule has 3 rings (SSSR count). The maximum atomic E-state index is 13.7. The summed E-state index contributed by atoms with van der Waals surface area (Å²) in [5, 5.41) is 3.46. The molecule has 0 saturated heterocycles. The van der Waals surface area contributed by atoms with E-state index in [0.29, 0.717) is 5.13 Å². The fourth-order valence-electron chi connectivity index (χ4n) is 1.82. The molecule has 3 aromatic rings. The zero-order chi connectivity index (χ0) is 14.3. The summed E-state index contributed by atoms with van der Waals surface area (Å²) >= 11 is 4.47. The van der Waals surface area contributed by atoms with E-state index >= 15 is 0 Å². The van der Waals surface area contributed by atoms with E-state index in [1.54, 1.807) is 0 Å². The number of anilines is 2. The minimum atomic E-state index is -0.652. The number of fused-ring (bicyclic) bond motifs is 1. The standard InChI is InChI=1S/C14H9BrF2N2S/c1-7-2-3-11-13(4-7)20-14(18-11)19-12-5-8(15)9(16)6-10(12)17/h2-6H,1H3,(H,18,19). The zero-order valence-corrected chi connectivity index (χ0v) is 12.8. The molecular formula is C14H9BrF2N2S. The van der Waals surface area contributed by atoms with Crippen molar-refractivity contribution in [3.8, 4) is 0 Å². The molecule has 0 unspecified atom stereocenters. The maximum absolute atomic E-state index is 13.7. The van der Waals surface area contributed by atoms with Crippen LogP contribution in [0.1, 0.15) is 5.56 Å². The van der Waals surface area contributed by atoms with Gasteiger partial charge in [-0.3, -0.25) is 0 Å². The summed E-state index contributed by atoms with van der Waals surface area (Å²) in [5.74, 6) is -1.28. The van der Waals surface area contributed by atoms with E-state index in [2.05, 4.69) is 26.2 Å². The van der Waals surface area contributed by atoms with Gasteiger partial charge in [0.1, 0.15) is 11.6 Å². The number of benzene rings is 2. The lowest BCUT2D eigenvalue weighted by Gasteiger charge is -2.05. The van der Waals surface area contributed by atoms with Crippen LogP contribution in [-0.4, -0.2) is 4.98 Å². The highest BCUT2D eigenvalue weighted by molar-refractivity contribution is 9.10. The Bertz CT molecular complexity index is 801. The van der Waals surface area contributed by atoms with E-state index in [1.165, 1.54) is 17.4 Å². The highest BCUT2D eigenvalue weighted by atomic mass is 79.9. The largest absolute Gasteiger partial charge is 0.329 e. The van der Waals surface area contributed by atoms with Crippen LogP contribution in [0.5, 0.6) is 0 Å². The van der Waals surface area contributed by atoms with Crippen molar-refractivity contribution in [1.82, 2.24) is 4.98 Å². The minimum absolute atomic E-state index is 0.189. The Morgan fingerprint density at radius 2 is 1.95 bits per heavy atom. The van der Waals surface area contributed by atoms with Crippen molar-refractivity contribution < 1.29 is 8.78 Å². The molecule has 102 valence electrons. The van der Waals surface area contributed by atoms with Crippen LogP contribution in [0.25, 0.3) is 10.2 Å². The summed E-state index contributed by atoms with van der Waals surface area (Å²) in [6, 6.07) is 8.12. The van der Waals surface area contributed by atoms with Crippen molar-refractivity contribution in [2.24, 2.45) is 0 Å². The Hall–Kier alpha value is -1.53. The molecule has 0 aliphatic heterocycles. The minimum Gasteiger partial charge on any atom is -0.329 e. The van der Waals surface area contributed by atoms with Gasteiger partial charge in [-0.15, -0.1) is 0 Å². The van der Waals surface area contributed by atoms with E-state index in [9.17, 15) is 8.78 Å². The van der Waals surface area contributed by atoms with Crippen molar-refractivity contribution >= 4 is 48.3 Å². The van der Waals surface area contributed by atoms with Gasteiger partial charge in [0.2, 0.25) is 0 Å². The highest BCUT2D eigenvalue weighted by Crippen LogP contribution is 2.31. The van der Waals surface area contributed by atoms with Gasteiger partial charge in [0.15, 0.2) is 5.13 Å². The summed E-state index contributed by atoms with van der Waals surface area (Å²) in [6.45, 7) is 2.00. The third-order valence-electron chi connectivity index (χ3n) is 2.80. The average molecular weight is 355 g/mol. The number of aryl methyl sites for hydroxylation is 1. The van der Waals surface area contributed by atoms with Crippen LogP contribution in [-0.2, 0) is 0 Å². The first-order valence-electron chi connectivity index (χ1n) is 5.82. The maximum Gasteiger partial charge on any atom is 0.188 e. The quantitative estimate of drug-likeness (QED) is 0.624. The van der Waals surface area contributed by atoms with Crippen molar-refractivity contribution in [2.45, 2.75) is 6.92 Å². The number of hydrogen-bond donors (Lipinski definition) is 1. The van der Waals surface area contributed by atoms with Crippen LogP contribution in [0.3, 0.4) is 0 Å². The summed E-state index contributed by atoms with van der Waals surface area (Å²) in [6.07, 6.45) is 0. The molecule has 1 aromatic heterocycles. The van der Waals surface area contributed by atoms with E-state index in [0.717, 1.165) is 21.8 Å². The van der Waals surface area contributed by atoms with Gasteiger partial charge in [-0.05, 0) is 46.6 Å². The first-order chi connectivity index (χ1) is 9.52. The molecule has 0 atom stereocenters. The molecule has 0 amide bonds. The molecule has 0 aliphatic rings. The van der Waals surface area contributed by atoms with Crippen LogP contribution in [0, 0.1) is 18.6 Å². The van der Waals surface area contributed by atoms with Crippen LogP contribution < -0.4 is 5.32 Å². The second kappa shape index (κ2) is 5.10. The lowest BCUT2D eigenvalue weighted by molar-refractivity contribution is 0.581. The number of rotatable bonds is 2. The second-order valence-corrected chi connectivity index (χ2v) is 6.25. The predicted molar refractivity (Wildman–Crippen MR) is 81.7 cm³/mol. The molecule has 0 radical (unpaired) electrons. The van der Waals surface area contributed by atoms with E-state index < -0.39 is 11.6 Å². The van der Waals surface area contributed by atoms with Gasteiger partial charge in [-0.1, -0.05) is 17.4 Å². The highest BCUT2D eigenvalue weighted by Gasteiger charge is 2.10. The van der Waals surface area contributed by atoms with E-state index in [1.807, 2.05) is 25.1 Å². The van der Waals surface area contributed by atoms with Crippen LogP contribution in [0.4, 0.5) is 19.6 Å². The SMILES string of the molecule is Cc1ccc2nc(Nc3cc(Br)c(F)cc3F)sc2c1. The van der Waals surface area contributed by atoms with Gasteiger partial charge < -0.3 is 5.32 Å². The van der Waals surface area contributed by atoms with Gasteiger partial charge in [0, 0.05) is 6.07 Å². The molecule has 1 N–H and O–H groups in total. The number of nitrogens with zero attached hydrogens (tertiary/aromatic N) is 1. The van der Waals surface area contributed by atoms with Crippen LogP contribution in [0.2, 0.25) is 0 Å². The fourth-order valence-corrected chi connectivity index (χ4v) is 3.14. The van der Waals surface area contributed by atoms with Crippen LogP contribution >= 0.6 is 27.3 Å². The summed E-state index contributed by atoms with van der Waals surface area (Å²) in [7, 11) is 0. The van der Waals surface area contributed by atoms with Crippen molar-refractivity contribution in [1.29, 1.82) is 0 Å². The molecule has 6 heteroatoms. The number of nitrogens with one attached hydrogen (secondary N) is 1. The number of thiazole rings is 1. The molecule has 0 aliphatic carbocycles. The van der Waals surface area contributed by atoms with Gasteiger partial charge in [0.05, 0.1) is 20.4 Å². The second-order valence-electron chi connectivity index (χ2n) is 4.36. The van der Waals surface area contributed by atoms with Gasteiger partial charge in [-0.2, -0.15) is 0 Å². The normalized spacial score (nSPS) is 11.0. The molecule has 0 bridgehead atoms. The predicted octanol–water partition coefficient (Wildman–Crippen LogP) is 5.39. The summed E-state index contributed by atoms with van der Waals surface area (Å²) in [5.41, 5.74) is 2.18. The van der Waals surface area contributed by atoms with Gasteiger partial charge in [-0.25, -0.2) is 13.8 Å². The number of halogens is 3. The molecule has 0 spiro atoms. The molecule has 1 heterocycles. The summed E-state index contributed by atoms with van der Waals surface area (Å²) < 4.78 is 28.1. The molecule has 2 nitrogen and oxygen atoms in total. The van der Waals surface area contributed by atoms with Crippen LogP contribution in [0.15, 0.2) is 34.8 Å². The fraction of sp³-hybridized carbons (Fsp3) is 0.0714. The Morgan fingerprint density at radius 3 is 2.75 bits per heavy atom. The van der Waals surface area contributed by atoms with Crippen molar-refractivity contribution in [2.75, 3.05) is 5.32 Å². The smallest absolute Gasteiger partial charge is 0.188 e. The first kappa shape index (κ1) is 13.5. The molecule has 2 aromatic carbocycles.